The van der Waals surface area contributed by atoms with Gasteiger partial charge in [-0.3, -0.25) is 9.80 Å². The number of carbonyl (C=O) groups is 1. The number of likely N-dealkylation sites (N-methyl/N-ethyl adjacent to an activating group) is 1. The maximum Gasteiger partial charge on any atom is 0.161 e. The van der Waals surface area contributed by atoms with E-state index in [1.165, 1.54) is 16.8 Å². The summed E-state index contributed by atoms with van der Waals surface area (Å²) in [5, 5.41) is 0. The van der Waals surface area contributed by atoms with Crippen LogP contribution in [0, 0.1) is 0 Å². The second-order valence-electron chi connectivity index (χ2n) is 12.3. The van der Waals surface area contributed by atoms with Crippen molar-refractivity contribution in [3.8, 4) is 11.5 Å². The van der Waals surface area contributed by atoms with Gasteiger partial charge in [0.15, 0.2) is 11.5 Å². The van der Waals surface area contributed by atoms with E-state index in [4.69, 9.17) is 9.47 Å². The van der Waals surface area contributed by atoms with Gasteiger partial charge in [0.1, 0.15) is 6.29 Å². The van der Waals surface area contributed by atoms with Crippen molar-refractivity contribution in [3.05, 3.63) is 89.0 Å². The Hall–Kier alpha value is -3.39. The third-order valence-electron chi connectivity index (χ3n) is 9.57. The summed E-state index contributed by atoms with van der Waals surface area (Å²) in [5.41, 5.74) is 6.22. The predicted octanol–water partition coefficient (Wildman–Crippen LogP) is 6.33. The lowest BCUT2D eigenvalue weighted by Crippen LogP contribution is -2.46. The van der Waals surface area contributed by atoms with E-state index in [1.54, 1.807) is 14.2 Å². The van der Waals surface area contributed by atoms with Gasteiger partial charge >= 0.3 is 0 Å². The monoisotopic (exact) mass is 598 g/mol. The first-order valence-corrected chi connectivity index (χ1v) is 16.3. The molecule has 0 spiro atoms. The van der Waals surface area contributed by atoms with Crippen LogP contribution in [0.25, 0.3) is 0 Å². The summed E-state index contributed by atoms with van der Waals surface area (Å²) < 4.78 is 11.3. The summed E-state index contributed by atoms with van der Waals surface area (Å²) in [5.74, 6) is 1.44. The van der Waals surface area contributed by atoms with E-state index in [2.05, 4.69) is 101 Å². The van der Waals surface area contributed by atoms with E-state index in [9.17, 15) is 4.79 Å². The molecule has 2 atom stereocenters. The molecule has 0 bridgehead atoms. The number of anilines is 1. The molecule has 7 heteroatoms. The maximum atomic E-state index is 12.9. The molecule has 0 saturated carbocycles. The molecular weight excluding hydrogens is 548 g/mol. The number of aldehydes is 1. The third-order valence-corrected chi connectivity index (χ3v) is 9.57. The van der Waals surface area contributed by atoms with E-state index in [0.29, 0.717) is 11.8 Å². The lowest BCUT2D eigenvalue weighted by molar-refractivity contribution is -0.113. The Bertz CT molecular complexity index is 1360. The number of piperazine rings is 1. The average molecular weight is 599 g/mol. The molecule has 0 aliphatic carbocycles. The minimum absolute atomic E-state index is 0.0490. The number of fused-ring (bicyclic) bond motifs is 1. The fraction of sp³-hybridized carbons (Fsp3) is 0.486. The van der Waals surface area contributed by atoms with Crippen LogP contribution >= 0.6 is 0 Å². The molecule has 0 N–H and O–H groups in total. The van der Waals surface area contributed by atoms with Crippen LogP contribution in [0.4, 0.5) is 5.69 Å². The number of ether oxygens (including phenoxy) is 2. The van der Waals surface area contributed by atoms with Crippen LogP contribution in [-0.2, 0) is 17.9 Å². The highest BCUT2D eigenvalue weighted by Crippen LogP contribution is 2.45. The molecule has 0 aromatic heterocycles. The highest BCUT2D eigenvalue weighted by atomic mass is 16.5. The van der Waals surface area contributed by atoms with Crippen LogP contribution < -0.4 is 14.4 Å². The van der Waals surface area contributed by atoms with Gasteiger partial charge in [0.05, 0.1) is 20.3 Å². The molecule has 236 valence electrons. The first-order valence-electron chi connectivity index (χ1n) is 16.3. The molecule has 1 unspecified atom stereocenters. The van der Waals surface area contributed by atoms with E-state index in [0.717, 1.165) is 88.4 Å². The number of carbonyl (C=O) groups excluding carboxylic acids is 1. The third kappa shape index (κ3) is 7.12. The Morgan fingerprint density at radius 3 is 2.34 bits per heavy atom. The van der Waals surface area contributed by atoms with Crippen LogP contribution in [0.3, 0.4) is 0 Å². The van der Waals surface area contributed by atoms with Crippen molar-refractivity contribution in [1.82, 2.24) is 14.7 Å². The van der Waals surface area contributed by atoms with Gasteiger partial charge in [-0.1, -0.05) is 55.5 Å². The number of benzene rings is 3. The van der Waals surface area contributed by atoms with Gasteiger partial charge in [-0.05, 0) is 80.2 Å². The zero-order valence-electron chi connectivity index (χ0n) is 27.2. The Kier molecular flexibility index (Phi) is 11.0. The quantitative estimate of drug-likeness (QED) is 0.201. The molecule has 7 nitrogen and oxygen atoms in total. The highest BCUT2D eigenvalue weighted by Gasteiger charge is 2.38. The minimum atomic E-state index is -0.287. The molecule has 1 saturated heterocycles. The fourth-order valence-electron chi connectivity index (χ4n) is 6.97. The summed E-state index contributed by atoms with van der Waals surface area (Å²) >= 11 is 0. The number of hydrogen-bond acceptors (Lipinski definition) is 7. The molecule has 0 amide bonds. The summed E-state index contributed by atoms with van der Waals surface area (Å²) in [4.78, 5) is 22.9. The Balaban J connectivity index is 1.42. The zero-order chi connectivity index (χ0) is 31.1. The summed E-state index contributed by atoms with van der Waals surface area (Å²) in [6.07, 6.45) is 3.08. The van der Waals surface area contributed by atoms with Crippen molar-refractivity contribution in [2.24, 2.45) is 0 Å². The van der Waals surface area contributed by atoms with E-state index < -0.39 is 0 Å². The van der Waals surface area contributed by atoms with Crippen LogP contribution in [0.1, 0.15) is 68.0 Å². The number of hydrogen-bond donors (Lipinski definition) is 0. The Labute approximate surface area is 264 Å². The molecule has 44 heavy (non-hydrogen) atoms. The van der Waals surface area contributed by atoms with E-state index >= 15 is 0 Å². The smallest absolute Gasteiger partial charge is 0.161 e. The summed E-state index contributed by atoms with van der Waals surface area (Å²) in [7, 11) is 3.36. The van der Waals surface area contributed by atoms with Gasteiger partial charge in [0, 0.05) is 57.0 Å². The Morgan fingerprint density at radius 2 is 1.68 bits per heavy atom. The minimum Gasteiger partial charge on any atom is -0.493 e. The molecule has 0 radical (unpaired) electrons. The fourth-order valence-corrected chi connectivity index (χ4v) is 6.97. The topological polar surface area (TPSA) is 48.5 Å². The van der Waals surface area contributed by atoms with E-state index in [-0.39, 0.29) is 12.1 Å². The second kappa shape index (κ2) is 15.1. The van der Waals surface area contributed by atoms with Gasteiger partial charge in [0.25, 0.3) is 0 Å². The van der Waals surface area contributed by atoms with Crippen LogP contribution in [0.5, 0.6) is 11.5 Å². The predicted molar refractivity (Wildman–Crippen MR) is 179 cm³/mol. The van der Waals surface area contributed by atoms with Crippen LogP contribution in [0.15, 0.2) is 66.7 Å². The SMILES string of the molecule is CCN1CCN(c2cccc3c2CN([C@H](CCCN(Cc2ccccc2)C(C)C)c2ccc(OC)c(OC)c2)C3C=O)CC1. The molecule has 2 aliphatic rings. The number of methoxy groups -OCH3 is 2. The standard InChI is InChI=1S/C37H50N4O3/c1-6-38-20-22-39(23-21-38)34-15-10-14-31-32(34)26-41(35(31)27-42)33(30-17-18-36(43-4)37(24-30)44-5)16-11-19-40(28(2)3)25-29-12-8-7-9-13-29/h7-10,12-15,17-18,24,27-28,33,35H,6,11,16,19-23,25-26H2,1-5H3/t33-,35?/m1/s1. The second-order valence-corrected chi connectivity index (χ2v) is 12.3. The molecule has 2 aliphatic heterocycles. The average Bonchev–Trinajstić information content (AvgIpc) is 3.44. The summed E-state index contributed by atoms with van der Waals surface area (Å²) in [6.45, 7) is 14.7. The first-order chi connectivity index (χ1) is 21.5. The largest absolute Gasteiger partial charge is 0.493 e. The zero-order valence-corrected chi connectivity index (χ0v) is 27.2. The van der Waals surface area contributed by atoms with Crippen LogP contribution in [0.2, 0.25) is 0 Å². The van der Waals surface area contributed by atoms with Crippen molar-refractivity contribution >= 4 is 12.0 Å². The van der Waals surface area contributed by atoms with Crippen LogP contribution in [-0.4, -0.2) is 80.5 Å². The molecular formula is C37H50N4O3. The molecule has 3 aromatic carbocycles. The van der Waals surface area contributed by atoms with Crippen molar-refractivity contribution in [2.75, 3.05) is 58.4 Å². The molecule has 2 heterocycles. The molecule has 5 rings (SSSR count). The van der Waals surface area contributed by atoms with E-state index in [1.807, 2.05) is 6.07 Å². The summed E-state index contributed by atoms with van der Waals surface area (Å²) in [6, 6.07) is 23.7. The highest BCUT2D eigenvalue weighted by molar-refractivity contribution is 5.70. The number of rotatable bonds is 14. The van der Waals surface area contributed by atoms with Gasteiger partial charge in [-0.25, -0.2) is 0 Å². The van der Waals surface area contributed by atoms with Gasteiger partial charge < -0.3 is 24.1 Å². The van der Waals surface area contributed by atoms with Gasteiger partial charge in [0.2, 0.25) is 0 Å². The maximum absolute atomic E-state index is 12.9. The Morgan fingerprint density at radius 1 is 0.932 bits per heavy atom. The lowest BCUT2D eigenvalue weighted by atomic mass is 9.97. The normalized spacial score (nSPS) is 18.1. The first kappa shape index (κ1) is 32.0. The van der Waals surface area contributed by atoms with Crippen molar-refractivity contribution < 1.29 is 14.3 Å². The molecule has 3 aromatic rings. The van der Waals surface area contributed by atoms with Gasteiger partial charge in [-0.15, -0.1) is 0 Å². The molecule has 1 fully saturated rings. The lowest BCUT2D eigenvalue weighted by Gasteiger charge is -2.36. The number of nitrogens with zero attached hydrogens (tertiary/aromatic N) is 4. The van der Waals surface area contributed by atoms with Gasteiger partial charge in [-0.2, -0.15) is 0 Å². The van der Waals surface area contributed by atoms with Crippen molar-refractivity contribution in [3.63, 3.8) is 0 Å². The van der Waals surface area contributed by atoms with Crippen molar-refractivity contribution in [1.29, 1.82) is 0 Å². The van der Waals surface area contributed by atoms with Crippen molar-refractivity contribution in [2.45, 2.75) is 64.8 Å².